The summed E-state index contributed by atoms with van der Waals surface area (Å²) in [5.74, 6) is 0.265. The Kier molecular flexibility index (Phi) is 6.17. The maximum absolute atomic E-state index is 12.5. The van der Waals surface area contributed by atoms with Gasteiger partial charge in [-0.05, 0) is 53.9 Å². The van der Waals surface area contributed by atoms with E-state index in [0.717, 1.165) is 5.69 Å². The number of hydrogen-bond donors (Lipinski definition) is 1. The zero-order chi connectivity index (χ0) is 20.8. The largest absolute Gasteiger partial charge is 0.487 e. The summed E-state index contributed by atoms with van der Waals surface area (Å²) in [6.45, 7) is 0.334. The summed E-state index contributed by atoms with van der Waals surface area (Å²) in [4.78, 5) is 29.3. The highest BCUT2D eigenvalue weighted by Crippen LogP contribution is 2.20. The Hall–Kier alpha value is -3.49. The van der Waals surface area contributed by atoms with Gasteiger partial charge in [-0.25, -0.2) is 9.78 Å². The number of anilines is 1. The van der Waals surface area contributed by atoms with Crippen molar-refractivity contribution in [2.24, 2.45) is 0 Å². The number of thiazole rings is 1. The van der Waals surface area contributed by atoms with E-state index in [2.05, 4.69) is 10.3 Å². The maximum atomic E-state index is 12.5. The number of nitrogens with zero attached hydrogens (tertiary/aromatic N) is 1. The van der Waals surface area contributed by atoms with Gasteiger partial charge < -0.3 is 14.8 Å². The molecule has 2 aromatic carbocycles. The second-order valence-corrected chi connectivity index (χ2v) is 7.81. The molecular formula is C22H16N2O4S2. The lowest BCUT2D eigenvalue weighted by atomic mass is 10.2. The topological polar surface area (TPSA) is 77.5 Å². The Morgan fingerprint density at radius 3 is 2.60 bits per heavy atom. The summed E-state index contributed by atoms with van der Waals surface area (Å²) in [6.07, 6.45) is 0. The molecule has 0 unspecified atom stereocenters. The molecule has 2 heterocycles. The van der Waals surface area contributed by atoms with Crippen LogP contribution in [-0.2, 0) is 6.61 Å². The van der Waals surface area contributed by atoms with E-state index >= 15 is 0 Å². The SMILES string of the molecule is O=C(Oc1ccc(NC(=O)c2cccs2)cc1)c1cccc(OCc2cscn2)c1. The number of benzene rings is 2. The standard InChI is InChI=1S/C22H16N2O4S2/c25-21(20-5-2-10-30-20)24-16-6-8-18(9-7-16)28-22(26)15-3-1-4-19(11-15)27-12-17-13-29-14-23-17/h1-11,13-14H,12H2,(H,24,25). The van der Waals surface area contributed by atoms with E-state index in [1.165, 1.54) is 22.7 Å². The molecule has 150 valence electrons. The molecule has 2 aromatic heterocycles. The number of carbonyl (C=O) groups is 2. The van der Waals surface area contributed by atoms with Crippen molar-refractivity contribution in [3.8, 4) is 11.5 Å². The van der Waals surface area contributed by atoms with Gasteiger partial charge in [-0.15, -0.1) is 22.7 Å². The van der Waals surface area contributed by atoms with Crippen LogP contribution in [0.5, 0.6) is 11.5 Å². The third kappa shape index (κ3) is 5.11. The van der Waals surface area contributed by atoms with Crippen LogP contribution in [0, 0.1) is 0 Å². The minimum absolute atomic E-state index is 0.177. The highest BCUT2D eigenvalue weighted by atomic mass is 32.1. The number of ether oxygens (including phenoxy) is 2. The Labute approximate surface area is 180 Å². The molecule has 8 heteroatoms. The van der Waals surface area contributed by atoms with E-state index in [9.17, 15) is 9.59 Å². The fourth-order valence-corrected chi connectivity index (χ4v) is 3.71. The van der Waals surface area contributed by atoms with Crippen molar-refractivity contribution in [3.05, 3.63) is 93.1 Å². The Morgan fingerprint density at radius 1 is 1.00 bits per heavy atom. The van der Waals surface area contributed by atoms with Gasteiger partial charge in [0.05, 0.1) is 21.6 Å². The van der Waals surface area contributed by atoms with Gasteiger partial charge >= 0.3 is 5.97 Å². The molecule has 1 N–H and O–H groups in total. The van der Waals surface area contributed by atoms with Crippen molar-refractivity contribution in [2.75, 3.05) is 5.32 Å². The van der Waals surface area contributed by atoms with Crippen LogP contribution in [0.4, 0.5) is 5.69 Å². The number of nitrogens with one attached hydrogen (secondary N) is 1. The van der Waals surface area contributed by atoms with E-state index in [4.69, 9.17) is 9.47 Å². The molecule has 0 spiro atoms. The van der Waals surface area contributed by atoms with Gasteiger partial charge in [-0.3, -0.25) is 4.79 Å². The zero-order valence-electron chi connectivity index (χ0n) is 15.6. The summed E-state index contributed by atoms with van der Waals surface area (Å²) in [6, 6.07) is 17.0. The van der Waals surface area contributed by atoms with Crippen LogP contribution in [0.3, 0.4) is 0 Å². The van der Waals surface area contributed by atoms with Crippen LogP contribution in [0.1, 0.15) is 25.7 Å². The molecule has 1 amide bonds. The van der Waals surface area contributed by atoms with Crippen molar-refractivity contribution in [3.63, 3.8) is 0 Å². The lowest BCUT2D eigenvalue weighted by Crippen LogP contribution is -2.11. The first-order valence-corrected chi connectivity index (χ1v) is 10.8. The first kappa shape index (κ1) is 19.8. The average Bonchev–Trinajstić information content (AvgIpc) is 3.48. The second kappa shape index (κ2) is 9.34. The molecule has 30 heavy (non-hydrogen) atoms. The van der Waals surface area contributed by atoms with Crippen molar-refractivity contribution in [1.82, 2.24) is 4.98 Å². The van der Waals surface area contributed by atoms with Gasteiger partial charge in [0.1, 0.15) is 18.1 Å². The number of carbonyl (C=O) groups excluding carboxylic acids is 2. The lowest BCUT2D eigenvalue weighted by molar-refractivity contribution is 0.0734. The van der Waals surface area contributed by atoms with Gasteiger partial charge in [0.15, 0.2) is 0 Å². The van der Waals surface area contributed by atoms with Gasteiger partial charge in [0.2, 0.25) is 0 Å². The number of hydrogen-bond acceptors (Lipinski definition) is 7. The highest BCUT2D eigenvalue weighted by molar-refractivity contribution is 7.12. The number of thiophene rings is 1. The van der Waals surface area contributed by atoms with Crippen LogP contribution in [0.2, 0.25) is 0 Å². The molecule has 0 saturated heterocycles. The Morgan fingerprint density at radius 2 is 1.87 bits per heavy atom. The Bertz CT molecular complexity index is 1120. The number of aromatic nitrogens is 1. The molecule has 0 fully saturated rings. The normalized spacial score (nSPS) is 10.4. The van der Waals surface area contributed by atoms with E-state index in [1.807, 2.05) is 16.8 Å². The number of esters is 1. The van der Waals surface area contributed by atoms with Gasteiger partial charge in [-0.2, -0.15) is 0 Å². The number of rotatable bonds is 7. The van der Waals surface area contributed by atoms with E-state index < -0.39 is 5.97 Å². The van der Waals surface area contributed by atoms with Crippen LogP contribution < -0.4 is 14.8 Å². The number of amides is 1. The van der Waals surface area contributed by atoms with Gasteiger partial charge in [0, 0.05) is 11.1 Å². The zero-order valence-corrected chi connectivity index (χ0v) is 17.2. The molecular weight excluding hydrogens is 420 g/mol. The quantitative estimate of drug-likeness (QED) is 0.316. The fraction of sp³-hybridized carbons (Fsp3) is 0.0455. The Balaban J connectivity index is 1.35. The molecule has 0 bridgehead atoms. The van der Waals surface area contributed by atoms with Gasteiger partial charge in [0.25, 0.3) is 5.91 Å². The summed E-state index contributed by atoms with van der Waals surface area (Å²) >= 11 is 2.87. The van der Waals surface area contributed by atoms with Crippen molar-refractivity contribution < 1.29 is 19.1 Å². The summed E-state index contributed by atoms with van der Waals surface area (Å²) < 4.78 is 11.1. The van der Waals surface area contributed by atoms with Crippen LogP contribution in [0.25, 0.3) is 0 Å². The van der Waals surface area contributed by atoms with Crippen molar-refractivity contribution in [2.45, 2.75) is 6.61 Å². The van der Waals surface area contributed by atoms with E-state index in [-0.39, 0.29) is 5.91 Å². The third-order valence-electron chi connectivity index (χ3n) is 4.01. The molecule has 0 aliphatic rings. The molecule has 0 radical (unpaired) electrons. The fourth-order valence-electron chi connectivity index (χ4n) is 2.55. The maximum Gasteiger partial charge on any atom is 0.343 e. The average molecular weight is 437 g/mol. The van der Waals surface area contributed by atoms with Crippen LogP contribution >= 0.6 is 22.7 Å². The summed E-state index contributed by atoms with van der Waals surface area (Å²) in [7, 11) is 0. The first-order chi connectivity index (χ1) is 14.7. The summed E-state index contributed by atoms with van der Waals surface area (Å²) in [5, 5.41) is 6.55. The van der Waals surface area contributed by atoms with Gasteiger partial charge in [-0.1, -0.05) is 12.1 Å². The summed E-state index contributed by atoms with van der Waals surface area (Å²) in [5.41, 5.74) is 3.57. The highest BCUT2D eigenvalue weighted by Gasteiger charge is 2.11. The first-order valence-electron chi connectivity index (χ1n) is 8.94. The van der Waals surface area contributed by atoms with Crippen molar-refractivity contribution >= 4 is 40.2 Å². The second-order valence-electron chi connectivity index (χ2n) is 6.14. The molecule has 0 saturated carbocycles. The van der Waals surface area contributed by atoms with Crippen LogP contribution in [0.15, 0.2) is 76.9 Å². The smallest absolute Gasteiger partial charge is 0.343 e. The minimum atomic E-state index is -0.496. The molecule has 4 rings (SSSR count). The predicted octanol–water partition coefficient (Wildman–Crippen LogP) is 5.26. The molecule has 0 atom stereocenters. The van der Waals surface area contributed by atoms with Crippen molar-refractivity contribution in [1.29, 1.82) is 0 Å². The van der Waals surface area contributed by atoms with Crippen LogP contribution in [-0.4, -0.2) is 16.9 Å². The van der Waals surface area contributed by atoms with E-state index in [0.29, 0.717) is 34.2 Å². The van der Waals surface area contributed by atoms with E-state index in [1.54, 1.807) is 60.1 Å². The monoisotopic (exact) mass is 436 g/mol. The minimum Gasteiger partial charge on any atom is -0.487 e. The lowest BCUT2D eigenvalue weighted by Gasteiger charge is -2.08. The molecule has 4 aromatic rings. The predicted molar refractivity (Wildman–Crippen MR) is 117 cm³/mol. The molecule has 0 aliphatic carbocycles. The molecule has 0 aliphatic heterocycles. The third-order valence-corrected chi connectivity index (χ3v) is 5.51. The molecule has 6 nitrogen and oxygen atoms in total.